The van der Waals surface area contributed by atoms with Crippen LogP contribution in [0.5, 0.6) is 0 Å². The summed E-state index contributed by atoms with van der Waals surface area (Å²) in [7, 11) is 0. The van der Waals surface area contributed by atoms with Crippen molar-refractivity contribution >= 4 is 28.2 Å². The molecule has 6 rings (SSSR count). The van der Waals surface area contributed by atoms with Crippen molar-refractivity contribution in [3.8, 4) is 0 Å². The Kier molecular flexibility index (Phi) is 4.70. The summed E-state index contributed by atoms with van der Waals surface area (Å²) in [4.78, 5) is 30.0. The Bertz CT molecular complexity index is 1290. The van der Waals surface area contributed by atoms with Gasteiger partial charge < -0.3 is 13.9 Å². The lowest BCUT2D eigenvalue weighted by Crippen LogP contribution is -2.39. The van der Waals surface area contributed by atoms with Gasteiger partial charge in [0.2, 0.25) is 0 Å². The van der Waals surface area contributed by atoms with Crippen LogP contribution >= 0.6 is 0 Å². The molecule has 1 atom stereocenters. The van der Waals surface area contributed by atoms with Gasteiger partial charge in [0.25, 0.3) is 5.91 Å². The smallest absolute Gasteiger partial charge is 0.256 e. The average Bonchev–Trinajstić information content (AvgIpc) is 3.32. The van der Waals surface area contributed by atoms with Gasteiger partial charge in [0.15, 0.2) is 17.1 Å². The molecule has 1 aromatic carbocycles. The number of para-hydroxylation sites is 2. The third kappa shape index (κ3) is 3.27. The number of likely N-dealkylation sites (tertiary alicyclic amines) is 1. The number of aromatic nitrogens is 4. The summed E-state index contributed by atoms with van der Waals surface area (Å²) < 4.78 is 8.25. The van der Waals surface area contributed by atoms with Gasteiger partial charge in [0, 0.05) is 31.7 Å². The maximum atomic E-state index is 13.7. The Hall–Kier alpha value is -3.22. The molecule has 4 aromatic rings. The van der Waals surface area contributed by atoms with E-state index in [1.54, 1.807) is 0 Å². The minimum Gasteiger partial charge on any atom is -0.440 e. The predicted octanol–water partition coefficient (Wildman–Crippen LogP) is 4.63. The zero-order chi connectivity index (χ0) is 21.7. The first-order valence-electron chi connectivity index (χ1n) is 11.7. The van der Waals surface area contributed by atoms with E-state index in [2.05, 4.69) is 9.55 Å². The summed E-state index contributed by atoms with van der Waals surface area (Å²) in [5, 5.41) is 0. The van der Waals surface area contributed by atoms with Gasteiger partial charge in [-0.3, -0.25) is 4.79 Å². The monoisotopic (exact) mass is 429 g/mol. The van der Waals surface area contributed by atoms with E-state index in [1.807, 2.05) is 42.2 Å². The fraction of sp³-hybridized carbons (Fsp3) is 0.440. The third-order valence-electron chi connectivity index (χ3n) is 6.79. The molecule has 1 saturated heterocycles. The van der Waals surface area contributed by atoms with Gasteiger partial charge in [-0.05, 0) is 50.8 Å². The summed E-state index contributed by atoms with van der Waals surface area (Å²) in [5.74, 6) is 1.94. The van der Waals surface area contributed by atoms with Crippen molar-refractivity contribution in [1.82, 2.24) is 24.4 Å². The molecule has 2 aliphatic rings. The van der Waals surface area contributed by atoms with Crippen LogP contribution in [0, 0.1) is 6.92 Å². The molecule has 3 aromatic heterocycles. The van der Waals surface area contributed by atoms with E-state index >= 15 is 0 Å². The molecule has 1 fully saturated rings. The first kappa shape index (κ1) is 19.5. The van der Waals surface area contributed by atoms with E-state index in [9.17, 15) is 4.79 Å². The van der Waals surface area contributed by atoms with Crippen LogP contribution in [0.3, 0.4) is 0 Å². The highest BCUT2D eigenvalue weighted by atomic mass is 16.3. The van der Waals surface area contributed by atoms with Crippen LogP contribution in [0.15, 0.2) is 34.7 Å². The van der Waals surface area contributed by atoms with Crippen LogP contribution in [-0.4, -0.2) is 43.4 Å². The third-order valence-corrected chi connectivity index (χ3v) is 6.79. The van der Waals surface area contributed by atoms with Gasteiger partial charge in [-0.25, -0.2) is 15.0 Å². The number of carbonyl (C=O) groups excluding carboxylic acids is 1. The molecule has 7 nitrogen and oxygen atoms in total. The quantitative estimate of drug-likeness (QED) is 0.464. The molecule has 1 unspecified atom stereocenters. The van der Waals surface area contributed by atoms with E-state index in [0.717, 1.165) is 84.9 Å². The van der Waals surface area contributed by atoms with Gasteiger partial charge in [0.05, 0.1) is 11.5 Å². The van der Waals surface area contributed by atoms with Crippen LogP contribution in [0.4, 0.5) is 0 Å². The fourth-order valence-electron chi connectivity index (χ4n) is 5.18. The minimum absolute atomic E-state index is 0.0366. The van der Waals surface area contributed by atoms with Crippen molar-refractivity contribution in [2.24, 2.45) is 0 Å². The Labute approximate surface area is 186 Å². The molecule has 32 heavy (non-hydrogen) atoms. The number of piperidine rings is 1. The summed E-state index contributed by atoms with van der Waals surface area (Å²) >= 11 is 0. The molecule has 0 N–H and O–H groups in total. The zero-order valence-electron chi connectivity index (χ0n) is 18.4. The zero-order valence-corrected chi connectivity index (χ0v) is 18.4. The number of oxazole rings is 1. The highest BCUT2D eigenvalue weighted by Gasteiger charge is 2.30. The van der Waals surface area contributed by atoms with E-state index < -0.39 is 0 Å². The Morgan fingerprint density at radius 3 is 2.88 bits per heavy atom. The van der Waals surface area contributed by atoms with Crippen molar-refractivity contribution in [2.45, 2.75) is 57.9 Å². The maximum Gasteiger partial charge on any atom is 0.256 e. The number of benzene rings is 1. The number of amides is 1. The number of fused-ring (bicyclic) bond motifs is 4. The van der Waals surface area contributed by atoms with Crippen molar-refractivity contribution in [3.05, 3.63) is 53.3 Å². The molecule has 0 aliphatic carbocycles. The molecule has 0 bridgehead atoms. The molecule has 5 heterocycles. The lowest BCUT2D eigenvalue weighted by molar-refractivity contribution is 0.0700. The van der Waals surface area contributed by atoms with Gasteiger partial charge in [0.1, 0.15) is 16.9 Å². The molecular weight excluding hydrogens is 402 g/mol. The lowest BCUT2D eigenvalue weighted by atomic mass is 9.97. The largest absolute Gasteiger partial charge is 0.440 e. The summed E-state index contributed by atoms with van der Waals surface area (Å²) in [6.07, 6.45) is 6.35. The average molecular weight is 430 g/mol. The summed E-state index contributed by atoms with van der Waals surface area (Å²) in [6.45, 7) is 4.25. The molecule has 0 spiro atoms. The van der Waals surface area contributed by atoms with Crippen LogP contribution in [0.2, 0.25) is 0 Å². The maximum absolute atomic E-state index is 13.7. The number of imidazole rings is 1. The minimum atomic E-state index is 0.0366. The fourth-order valence-corrected chi connectivity index (χ4v) is 5.18. The Balaban J connectivity index is 1.33. The lowest BCUT2D eigenvalue weighted by Gasteiger charge is -2.31. The number of hydrogen-bond donors (Lipinski definition) is 0. The summed E-state index contributed by atoms with van der Waals surface area (Å²) in [5.41, 5.74) is 4.82. The van der Waals surface area contributed by atoms with Crippen molar-refractivity contribution < 1.29 is 9.21 Å². The molecule has 7 heteroatoms. The molecular formula is C25H27N5O2. The van der Waals surface area contributed by atoms with Crippen molar-refractivity contribution in [2.75, 3.05) is 13.1 Å². The van der Waals surface area contributed by atoms with E-state index in [4.69, 9.17) is 14.4 Å². The number of nitrogens with zero attached hydrogens (tertiary/aromatic N) is 5. The first-order chi connectivity index (χ1) is 15.7. The number of aryl methyl sites for hydroxylation is 3. The second-order valence-electron chi connectivity index (χ2n) is 9.08. The molecule has 1 amide bonds. The highest BCUT2D eigenvalue weighted by molar-refractivity contribution is 6.04. The van der Waals surface area contributed by atoms with Gasteiger partial charge in [-0.15, -0.1) is 0 Å². The van der Waals surface area contributed by atoms with Gasteiger partial charge in [-0.2, -0.15) is 0 Å². The van der Waals surface area contributed by atoms with Crippen LogP contribution in [-0.2, 0) is 13.0 Å². The molecule has 0 saturated carbocycles. The number of carbonyl (C=O) groups is 1. The first-order valence-corrected chi connectivity index (χ1v) is 11.7. The Morgan fingerprint density at radius 1 is 1.06 bits per heavy atom. The van der Waals surface area contributed by atoms with Crippen molar-refractivity contribution in [3.63, 3.8) is 0 Å². The Morgan fingerprint density at radius 2 is 1.97 bits per heavy atom. The van der Waals surface area contributed by atoms with E-state index in [-0.39, 0.29) is 11.8 Å². The molecule has 164 valence electrons. The predicted molar refractivity (Wildman–Crippen MR) is 122 cm³/mol. The normalized spacial score (nSPS) is 19.3. The molecule has 0 radical (unpaired) electrons. The van der Waals surface area contributed by atoms with Crippen LogP contribution in [0.25, 0.3) is 22.3 Å². The molecule has 2 aliphatic heterocycles. The topological polar surface area (TPSA) is 77.0 Å². The van der Waals surface area contributed by atoms with Crippen LogP contribution < -0.4 is 0 Å². The second kappa shape index (κ2) is 7.73. The number of hydrogen-bond acceptors (Lipinski definition) is 5. The van der Waals surface area contributed by atoms with Gasteiger partial charge in [-0.1, -0.05) is 18.6 Å². The standard InChI is InChI=1S/C25H27N5O2/c1-16-14-18(22-23(26-16)30-13-6-2-3-11-21(30)28-22)25(31)29-12-7-8-17(15-29)24-27-19-9-4-5-10-20(19)32-24/h4-5,9-10,14,17H,2-3,6-8,11-13,15H2,1H3. The number of pyridine rings is 1. The highest BCUT2D eigenvalue weighted by Crippen LogP contribution is 2.31. The van der Waals surface area contributed by atoms with Crippen LogP contribution in [0.1, 0.15) is 65.8 Å². The SMILES string of the molecule is Cc1cc(C(=O)N2CCCC(c3nc4ccccc4o3)C2)c2nc3n(c2n1)CCCCC3. The van der Waals surface area contributed by atoms with E-state index in [1.165, 1.54) is 6.42 Å². The van der Waals surface area contributed by atoms with Gasteiger partial charge >= 0.3 is 0 Å². The van der Waals surface area contributed by atoms with Crippen molar-refractivity contribution in [1.29, 1.82) is 0 Å². The van der Waals surface area contributed by atoms with E-state index in [0.29, 0.717) is 12.1 Å². The number of rotatable bonds is 2. The second-order valence-corrected chi connectivity index (χ2v) is 9.08. The summed E-state index contributed by atoms with van der Waals surface area (Å²) in [6, 6.07) is 9.73.